The van der Waals surface area contributed by atoms with Crippen LogP contribution in [-0.2, 0) is 14.8 Å². The van der Waals surface area contributed by atoms with Crippen molar-refractivity contribution < 1.29 is 27.1 Å². The number of nitrogens with one attached hydrogen (secondary N) is 2. The first-order valence-electron chi connectivity index (χ1n) is 10.0. The van der Waals surface area contributed by atoms with Crippen molar-refractivity contribution in [1.82, 2.24) is 9.29 Å². The molecular formula is C22H21N3O6S. The minimum Gasteiger partial charge on any atom is -0.495 e. The van der Waals surface area contributed by atoms with E-state index in [1.807, 2.05) is 24.3 Å². The highest BCUT2D eigenvalue weighted by Gasteiger charge is 2.28. The van der Waals surface area contributed by atoms with Crippen molar-refractivity contribution in [3.8, 4) is 5.75 Å². The first-order valence-corrected chi connectivity index (χ1v) is 11.5. The fourth-order valence-corrected chi connectivity index (χ4v) is 5.20. The molecule has 0 aliphatic carbocycles. The van der Waals surface area contributed by atoms with Gasteiger partial charge in [0.05, 0.1) is 26.0 Å². The Kier molecular flexibility index (Phi) is 5.12. The highest BCUT2D eigenvalue weighted by molar-refractivity contribution is 7.89. The molecule has 2 aromatic carbocycles. The number of benzene rings is 2. The zero-order valence-electron chi connectivity index (χ0n) is 17.3. The van der Waals surface area contributed by atoms with E-state index in [0.717, 1.165) is 16.4 Å². The molecule has 0 saturated carbocycles. The van der Waals surface area contributed by atoms with E-state index in [4.69, 9.17) is 13.9 Å². The Bertz CT molecular complexity index is 1420. The van der Waals surface area contributed by atoms with Gasteiger partial charge < -0.3 is 24.2 Å². The van der Waals surface area contributed by atoms with Gasteiger partial charge in [-0.25, -0.2) is 8.42 Å². The summed E-state index contributed by atoms with van der Waals surface area (Å²) in [5.74, 6) is -0.0349. The van der Waals surface area contributed by atoms with E-state index >= 15 is 0 Å². The minimum atomic E-state index is -3.70. The Morgan fingerprint density at radius 3 is 2.66 bits per heavy atom. The molecule has 5 rings (SSSR count). The summed E-state index contributed by atoms with van der Waals surface area (Å²) in [4.78, 5) is 15.6. The Hall–Kier alpha value is -3.34. The topological polar surface area (TPSA) is 114 Å². The fourth-order valence-electron chi connectivity index (χ4n) is 3.80. The zero-order valence-corrected chi connectivity index (χ0v) is 18.1. The van der Waals surface area contributed by atoms with Crippen LogP contribution in [0.4, 0.5) is 5.69 Å². The van der Waals surface area contributed by atoms with Crippen molar-refractivity contribution in [2.24, 2.45) is 0 Å². The van der Waals surface area contributed by atoms with Gasteiger partial charge in [-0.2, -0.15) is 4.31 Å². The number of fused-ring (bicyclic) bond motifs is 3. The van der Waals surface area contributed by atoms with Gasteiger partial charge in [0.2, 0.25) is 10.0 Å². The predicted molar refractivity (Wildman–Crippen MR) is 119 cm³/mol. The van der Waals surface area contributed by atoms with Crippen molar-refractivity contribution in [3.63, 3.8) is 0 Å². The summed E-state index contributed by atoms with van der Waals surface area (Å²) in [5.41, 5.74) is 1.86. The van der Waals surface area contributed by atoms with Gasteiger partial charge in [0, 0.05) is 36.1 Å². The van der Waals surface area contributed by atoms with Crippen molar-refractivity contribution in [2.45, 2.75) is 4.90 Å². The number of ether oxygens (including phenoxy) is 2. The summed E-state index contributed by atoms with van der Waals surface area (Å²) in [6, 6.07) is 12.5. The van der Waals surface area contributed by atoms with Gasteiger partial charge in [0.25, 0.3) is 5.91 Å². The number of H-pyrrole nitrogens is 1. The van der Waals surface area contributed by atoms with Crippen molar-refractivity contribution in [3.05, 3.63) is 54.4 Å². The molecule has 4 aromatic rings. The summed E-state index contributed by atoms with van der Waals surface area (Å²) in [7, 11) is -2.19. The number of aromatic nitrogens is 1. The van der Waals surface area contributed by atoms with Crippen molar-refractivity contribution in [2.75, 3.05) is 38.7 Å². The van der Waals surface area contributed by atoms with Gasteiger partial charge >= 0.3 is 0 Å². The summed E-state index contributed by atoms with van der Waals surface area (Å²) < 4.78 is 43.5. The third-order valence-corrected chi connectivity index (χ3v) is 7.33. The number of furan rings is 1. The highest BCUT2D eigenvalue weighted by Crippen LogP contribution is 2.36. The summed E-state index contributed by atoms with van der Waals surface area (Å²) in [5, 5.41) is 4.59. The molecule has 3 heterocycles. The molecule has 1 saturated heterocycles. The number of methoxy groups -OCH3 is 1. The lowest BCUT2D eigenvalue weighted by atomic mass is 10.1. The average molecular weight is 455 g/mol. The predicted octanol–water partition coefficient (Wildman–Crippen LogP) is 3.20. The third-order valence-electron chi connectivity index (χ3n) is 5.46. The van der Waals surface area contributed by atoms with Crippen LogP contribution in [0.25, 0.3) is 21.9 Å². The first kappa shape index (κ1) is 20.6. The lowest BCUT2D eigenvalue weighted by molar-refractivity contribution is 0.0730. The van der Waals surface area contributed by atoms with E-state index in [-0.39, 0.29) is 23.7 Å². The average Bonchev–Trinajstić information content (AvgIpc) is 3.44. The van der Waals surface area contributed by atoms with E-state index in [1.165, 1.54) is 23.7 Å². The monoisotopic (exact) mass is 455 g/mol. The maximum Gasteiger partial charge on any atom is 0.272 e. The molecule has 1 amide bonds. The molecule has 1 aliphatic heterocycles. The maximum atomic E-state index is 12.9. The van der Waals surface area contributed by atoms with Gasteiger partial charge in [-0.05, 0) is 18.2 Å². The largest absolute Gasteiger partial charge is 0.495 e. The number of aromatic amines is 1. The number of hydrogen-bond donors (Lipinski definition) is 2. The molecule has 10 heteroatoms. The zero-order chi connectivity index (χ0) is 22.3. The number of rotatable bonds is 5. The SMILES string of the molecule is COc1cc2c(cc1NC(=O)c1cc(S(=O)(=O)N3CCOCC3)c[nH]1)oc1ccccc12. The fraction of sp³-hybridized carbons (Fsp3) is 0.227. The van der Waals surface area contributed by atoms with Gasteiger partial charge in [0.15, 0.2) is 0 Å². The quantitative estimate of drug-likeness (QED) is 0.478. The van der Waals surface area contributed by atoms with Crippen LogP contribution in [0.1, 0.15) is 10.5 Å². The van der Waals surface area contributed by atoms with Gasteiger partial charge in [-0.1, -0.05) is 18.2 Å². The number of amides is 1. The number of morpholine rings is 1. The van der Waals surface area contributed by atoms with Crippen molar-refractivity contribution in [1.29, 1.82) is 0 Å². The van der Waals surface area contributed by atoms with Crippen LogP contribution in [-0.4, -0.2) is 57.0 Å². The molecule has 166 valence electrons. The molecule has 0 radical (unpaired) electrons. The molecule has 9 nitrogen and oxygen atoms in total. The van der Waals surface area contributed by atoms with Crippen LogP contribution in [0, 0.1) is 0 Å². The minimum absolute atomic E-state index is 0.0317. The van der Waals surface area contributed by atoms with Crippen LogP contribution < -0.4 is 10.1 Å². The van der Waals surface area contributed by atoms with Crippen LogP contribution in [0.2, 0.25) is 0 Å². The second-order valence-electron chi connectivity index (χ2n) is 7.37. The summed E-state index contributed by atoms with van der Waals surface area (Å²) in [6.07, 6.45) is 1.32. The van der Waals surface area contributed by atoms with E-state index in [9.17, 15) is 13.2 Å². The molecular weight excluding hydrogens is 434 g/mol. The Labute approximate surface area is 183 Å². The van der Waals surface area contributed by atoms with Crippen LogP contribution >= 0.6 is 0 Å². The number of hydrogen-bond acceptors (Lipinski definition) is 6. The second kappa shape index (κ2) is 7.97. The third kappa shape index (κ3) is 3.52. The van der Waals surface area contributed by atoms with Gasteiger partial charge in [-0.15, -0.1) is 0 Å². The molecule has 32 heavy (non-hydrogen) atoms. The Balaban J connectivity index is 1.43. The molecule has 0 bridgehead atoms. The smallest absolute Gasteiger partial charge is 0.272 e. The summed E-state index contributed by atoms with van der Waals surface area (Å²) >= 11 is 0. The van der Waals surface area contributed by atoms with Crippen LogP contribution in [0.3, 0.4) is 0 Å². The molecule has 0 spiro atoms. The maximum absolute atomic E-state index is 12.9. The standard InChI is InChI=1S/C22H21N3O6S/c1-29-21-11-16-15-4-2-3-5-19(15)31-20(16)12-17(21)24-22(26)18-10-14(13-23-18)32(27,28)25-6-8-30-9-7-25/h2-5,10-13,23H,6-9H2,1H3,(H,24,26). The molecule has 0 unspecified atom stereocenters. The van der Waals surface area contributed by atoms with E-state index in [2.05, 4.69) is 10.3 Å². The number of carbonyl (C=O) groups is 1. The lowest BCUT2D eigenvalue weighted by Gasteiger charge is -2.25. The van der Waals surface area contributed by atoms with E-state index in [0.29, 0.717) is 30.2 Å². The lowest BCUT2D eigenvalue weighted by Crippen LogP contribution is -2.40. The number of sulfonamides is 1. The molecule has 0 atom stereocenters. The van der Waals surface area contributed by atoms with Crippen LogP contribution in [0.5, 0.6) is 5.75 Å². The van der Waals surface area contributed by atoms with E-state index < -0.39 is 15.9 Å². The highest BCUT2D eigenvalue weighted by atomic mass is 32.2. The number of carbonyl (C=O) groups excluding carboxylic acids is 1. The Morgan fingerprint density at radius 2 is 1.88 bits per heavy atom. The molecule has 2 aromatic heterocycles. The Morgan fingerprint density at radius 1 is 1.09 bits per heavy atom. The normalized spacial score (nSPS) is 15.3. The number of anilines is 1. The van der Waals surface area contributed by atoms with Crippen LogP contribution in [0.15, 0.2) is 58.0 Å². The molecule has 2 N–H and O–H groups in total. The first-order chi connectivity index (χ1) is 15.5. The van der Waals surface area contributed by atoms with Crippen molar-refractivity contribution >= 4 is 43.6 Å². The summed E-state index contributed by atoms with van der Waals surface area (Å²) in [6.45, 7) is 1.26. The van der Waals surface area contributed by atoms with Gasteiger partial charge in [0.1, 0.15) is 27.5 Å². The number of para-hydroxylation sites is 1. The molecule has 1 fully saturated rings. The second-order valence-corrected chi connectivity index (χ2v) is 9.30. The van der Waals surface area contributed by atoms with E-state index in [1.54, 1.807) is 12.1 Å². The number of nitrogens with zero attached hydrogens (tertiary/aromatic N) is 1. The molecule has 1 aliphatic rings. The van der Waals surface area contributed by atoms with Gasteiger partial charge in [-0.3, -0.25) is 4.79 Å².